The molecule has 0 radical (unpaired) electrons. The van der Waals surface area contributed by atoms with Crippen LogP contribution in [0, 0.1) is 6.92 Å². The third-order valence-corrected chi connectivity index (χ3v) is 4.68. The lowest BCUT2D eigenvalue weighted by molar-refractivity contribution is -0.0258. The standard InChI is InChI=1S/C9H13BrN2O3S/c1-6-4-7(10)8(11)5-9(6)16(13,14)12(2)15-3/h4-5H,11H2,1-3H3. The summed E-state index contributed by atoms with van der Waals surface area (Å²) in [6.45, 7) is 1.70. The van der Waals surface area contributed by atoms with Crippen LogP contribution in [0.3, 0.4) is 0 Å². The number of nitrogens with zero attached hydrogens (tertiary/aromatic N) is 1. The number of hydrogen-bond acceptors (Lipinski definition) is 4. The van der Waals surface area contributed by atoms with Crippen molar-refractivity contribution in [2.24, 2.45) is 0 Å². The van der Waals surface area contributed by atoms with E-state index in [1.54, 1.807) is 13.0 Å². The van der Waals surface area contributed by atoms with Crippen molar-refractivity contribution >= 4 is 31.6 Å². The van der Waals surface area contributed by atoms with Gasteiger partial charge in [0.15, 0.2) is 0 Å². The zero-order valence-electron chi connectivity index (χ0n) is 9.19. The number of aryl methyl sites for hydroxylation is 1. The lowest BCUT2D eigenvalue weighted by atomic mass is 10.2. The Labute approximate surface area is 103 Å². The molecular weight excluding hydrogens is 296 g/mol. The van der Waals surface area contributed by atoms with Crippen molar-refractivity contribution in [1.82, 2.24) is 4.47 Å². The molecule has 0 amide bonds. The molecule has 0 aliphatic rings. The van der Waals surface area contributed by atoms with Gasteiger partial charge < -0.3 is 5.73 Å². The summed E-state index contributed by atoms with van der Waals surface area (Å²) >= 11 is 3.24. The number of hydrogen-bond donors (Lipinski definition) is 1. The average Bonchev–Trinajstić information content (AvgIpc) is 2.21. The van der Waals surface area contributed by atoms with E-state index in [1.165, 1.54) is 20.2 Å². The van der Waals surface area contributed by atoms with E-state index in [0.29, 0.717) is 15.7 Å². The molecule has 0 saturated heterocycles. The second kappa shape index (κ2) is 4.70. The first-order chi connectivity index (χ1) is 7.30. The molecule has 1 aromatic carbocycles. The van der Waals surface area contributed by atoms with Crippen LogP contribution >= 0.6 is 15.9 Å². The SMILES string of the molecule is CON(C)S(=O)(=O)c1cc(N)c(Br)cc1C. The Bertz CT molecular complexity index is 502. The Kier molecular flexibility index (Phi) is 3.95. The van der Waals surface area contributed by atoms with Crippen LogP contribution in [0.5, 0.6) is 0 Å². The van der Waals surface area contributed by atoms with Crippen LogP contribution in [0.15, 0.2) is 21.5 Å². The predicted molar refractivity (Wildman–Crippen MR) is 65.2 cm³/mol. The van der Waals surface area contributed by atoms with E-state index in [1.807, 2.05) is 0 Å². The van der Waals surface area contributed by atoms with Gasteiger partial charge in [0, 0.05) is 17.2 Å². The first kappa shape index (κ1) is 13.4. The Balaban J connectivity index is 3.40. The molecule has 2 N–H and O–H groups in total. The maximum Gasteiger partial charge on any atom is 0.265 e. The second-order valence-electron chi connectivity index (χ2n) is 3.24. The topological polar surface area (TPSA) is 72.6 Å². The summed E-state index contributed by atoms with van der Waals surface area (Å²) in [6, 6.07) is 3.07. The lowest BCUT2D eigenvalue weighted by Gasteiger charge is -2.16. The van der Waals surface area contributed by atoms with E-state index >= 15 is 0 Å². The van der Waals surface area contributed by atoms with Crippen molar-refractivity contribution in [3.8, 4) is 0 Å². The second-order valence-corrected chi connectivity index (χ2v) is 6.00. The number of benzene rings is 1. The summed E-state index contributed by atoms with van der Waals surface area (Å²) in [4.78, 5) is 4.82. The number of anilines is 1. The largest absolute Gasteiger partial charge is 0.398 e. The molecule has 0 spiro atoms. The summed E-state index contributed by atoms with van der Waals surface area (Å²) in [5.74, 6) is 0. The fraction of sp³-hybridized carbons (Fsp3) is 0.333. The Morgan fingerprint density at radius 2 is 2.00 bits per heavy atom. The summed E-state index contributed by atoms with van der Waals surface area (Å²) in [7, 11) is -1.04. The van der Waals surface area contributed by atoms with E-state index in [-0.39, 0.29) is 4.90 Å². The number of hydroxylamine groups is 1. The molecule has 0 heterocycles. The van der Waals surface area contributed by atoms with Gasteiger partial charge in [-0.3, -0.25) is 4.84 Å². The third-order valence-electron chi connectivity index (χ3n) is 2.17. The molecule has 7 heteroatoms. The summed E-state index contributed by atoms with van der Waals surface area (Å²) in [6.07, 6.45) is 0. The lowest BCUT2D eigenvalue weighted by Crippen LogP contribution is -2.26. The van der Waals surface area contributed by atoms with E-state index in [9.17, 15) is 8.42 Å². The van der Waals surface area contributed by atoms with E-state index in [4.69, 9.17) is 5.73 Å². The molecule has 0 aliphatic carbocycles. The molecule has 0 atom stereocenters. The molecule has 1 aromatic rings. The van der Waals surface area contributed by atoms with Gasteiger partial charge in [-0.1, -0.05) is 4.47 Å². The van der Waals surface area contributed by atoms with Crippen LogP contribution < -0.4 is 5.73 Å². The number of halogens is 1. The Hall–Kier alpha value is -0.630. The van der Waals surface area contributed by atoms with Crippen LogP contribution in [0.25, 0.3) is 0 Å². The van der Waals surface area contributed by atoms with Gasteiger partial charge in [-0.2, -0.15) is 0 Å². The first-order valence-electron chi connectivity index (χ1n) is 4.39. The average molecular weight is 309 g/mol. The highest BCUT2D eigenvalue weighted by Gasteiger charge is 2.23. The molecule has 0 fully saturated rings. The fourth-order valence-electron chi connectivity index (χ4n) is 1.18. The Morgan fingerprint density at radius 1 is 1.44 bits per heavy atom. The van der Waals surface area contributed by atoms with Gasteiger partial charge in [0.1, 0.15) is 0 Å². The van der Waals surface area contributed by atoms with Crippen molar-refractivity contribution in [3.63, 3.8) is 0 Å². The van der Waals surface area contributed by atoms with Crippen molar-refractivity contribution in [2.75, 3.05) is 19.9 Å². The smallest absolute Gasteiger partial charge is 0.265 e. The molecular formula is C9H13BrN2O3S. The first-order valence-corrected chi connectivity index (χ1v) is 6.62. The van der Waals surface area contributed by atoms with Gasteiger partial charge in [0.2, 0.25) is 0 Å². The molecule has 0 saturated carbocycles. The van der Waals surface area contributed by atoms with Crippen molar-refractivity contribution in [2.45, 2.75) is 11.8 Å². The van der Waals surface area contributed by atoms with E-state index in [0.717, 1.165) is 4.47 Å². The van der Waals surface area contributed by atoms with Crippen molar-refractivity contribution in [3.05, 3.63) is 22.2 Å². The van der Waals surface area contributed by atoms with Gasteiger partial charge in [-0.05, 0) is 40.5 Å². The molecule has 16 heavy (non-hydrogen) atoms. The van der Waals surface area contributed by atoms with Crippen molar-refractivity contribution < 1.29 is 13.3 Å². The monoisotopic (exact) mass is 308 g/mol. The normalized spacial score (nSPS) is 12.1. The molecule has 0 unspecified atom stereocenters. The van der Waals surface area contributed by atoms with E-state index in [2.05, 4.69) is 20.8 Å². The zero-order chi connectivity index (χ0) is 12.5. The summed E-state index contributed by atoms with van der Waals surface area (Å²) < 4.78 is 25.4. The van der Waals surface area contributed by atoms with Gasteiger partial charge in [-0.15, -0.1) is 0 Å². The van der Waals surface area contributed by atoms with Crippen LogP contribution in [-0.2, 0) is 14.9 Å². The van der Waals surface area contributed by atoms with Gasteiger partial charge in [0.05, 0.1) is 12.0 Å². The molecule has 0 bridgehead atoms. The zero-order valence-corrected chi connectivity index (χ0v) is 11.6. The van der Waals surface area contributed by atoms with Gasteiger partial charge >= 0.3 is 0 Å². The highest BCUT2D eigenvalue weighted by atomic mass is 79.9. The number of rotatable bonds is 3. The minimum absolute atomic E-state index is 0.137. The number of nitrogens with two attached hydrogens (primary N) is 1. The summed E-state index contributed by atoms with van der Waals surface area (Å²) in [5, 5.41) is 0. The minimum Gasteiger partial charge on any atom is -0.398 e. The van der Waals surface area contributed by atoms with Crippen LogP contribution in [0.2, 0.25) is 0 Å². The highest BCUT2D eigenvalue weighted by Crippen LogP contribution is 2.28. The minimum atomic E-state index is -3.65. The maximum atomic E-state index is 12.0. The van der Waals surface area contributed by atoms with Crippen LogP contribution in [0.1, 0.15) is 5.56 Å². The Morgan fingerprint density at radius 3 is 2.50 bits per heavy atom. The fourth-order valence-corrected chi connectivity index (χ4v) is 2.86. The van der Waals surface area contributed by atoms with Crippen molar-refractivity contribution in [1.29, 1.82) is 0 Å². The number of sulfonamides is 1. The van der Waals surface area contributed by atoms with Crippen LogP contribution in [0.4, 0.5) is 5.69 Å². The van der Waals surface area contributed by atoms with Gasteiger partial charge in [0.25, 0.3) is 10.0 Å². The van der Waals surface area contributed by atoms with E-state index < -0.39 is 10.0 Å². The van der Waals surface area contributed by atoms with Gasteiger partial charge in [-0.25, -0.2) is 8.42 Å². The molecule has 0 aromatic heterocycles. The van der Waals surface area contributed by atoms with Crippen LogP contribution in [-0.4, -0.2) is 27.0 Å². The molecule has 1 rings (SSSR count). The molecule has 5 nitrogen and oxygen atoms in total. The molecule has 0 aliphatic heterocycles. The maximum absolute atomic E-state index is 12.0. The summed E-state index contributed by atoms with van der Waals surface area (Å²) in [5.41, 5.74) is 6.63. The molecule has 90 valence electrons. The number of nitrogen functional groups attached to an aromatic ring is 1. The quantitative estimate of drug-likeness (QED) is 0.679. The third kappa shape index (κ3) is 2.37. The predicted octanol–water partition coefficient (Wildman–Crippen LogP) is 1.52. The highest BCUT2D eigenvalue weighted by molar-refractivity contribution is 9.10.